The van der Waals surface area contributed by atoms with E-state index < -0.39 is 5.91 Å². The van der Waals surface area contributed by atoms with E-state index in [0.29, 0.717) is 13.1 Å². The summed E-state index contributed by atoms with van der Waals surface area (Å²) in [6.07, 6.45) is 0. The molecule has 0 aliphatic carbocycles. The van der Waals surface area contributed by atoms with Gasteiger partial charge in [-0.2, -0.15) is 0 Å². The van der Waals surface area contributed by atoms with Gasteiger partial charge >= 0.3 is 0 Å². The van der Waals surface area contributed by atoms with Gasteiger partial charge in [0.2, 0.25) is 0 Å². The third-order valence-corrected chi connectivity index (χ3v) is 2.94. The Bertz CT molecular complexity index is 481. The highest BCUT2D eigenvalue weighted by atomic mass is 16.3. The Hall–Kier alpha value is -2.08. The molecule has 0 radical (unpaired) electrons. The zero-order valence-electron chi connectivity index (χ0n) is 9.85. The van der Waals surface area contributed by atoms with Crippen molar-refractivity contribution in [3.05, 3.63) is 29.3 Å². The standard InChI is InChI=1S/C12H15N3O3/c13-11(17)8-2-1-3-9(10(8)16)12(18)15-6-4-14-5-7-15/h1-3,14,16H,4-7H2,(H2,13,17). The zero-order chi connectivity index (χ0) is 13.1. The number of aromatic hydroxyl groups is 1. The van der Waals surface area contributed by atoms with E-state index in [0.717, 1.165) is 13.1 Å². The number of hydrogen-bond acceptors (Lipinski definition) is 4. The van der Waals surface area contributed by atoms with Gasteiger partial charge in [0.1, 0.15) is 5.75 Å². The smallest absolute Gasteiger partial charge is 0.257 e. The molecule has 2 rings (SSSR count). The molecule has 0 aromatic heterocycles. The lowest BCUT2D eigenvalue weighted by Crippen LogP contribution is -2.46. The summed E-state index contributed by atoms with van der Waals surface area (Å²) in [5.74, 6) is -1.37. The molecular weight excluding hydrogens is 234 g/mol. The van der Waals surface area contributed by atoms with E-state index >= 15 is 0 Å². The van der Waals surface area contributed by atoms with E-state index in [1.54, 1.807) is 4.90 Å². The normalized spacial score (nSPS) is 15.4. The van der Waals surface area contributed by atoms with Crippen LogP contribution in [0.15, 0.2) is 18.2 Å². The minimum atomic E-state index is -0.748. The number of primary amides is 1. The number of rotatable bonds is 2. The van der Waals surface area contributed by atoms with E-state index in [4.69, 9.17) is 5.73 Å². The summed E-state index contributed by atoms with van der Waals surface area (Å²) in [4.78, 5) is 24.9. The summed E-state index contributed by atoms with van der Waals surface area (Å²) in [5.41, 5.74) is 5.22. The maximum atomic E-state index is 12.2. The number of nitrogens with two attached hydrogens (primary N) is 1. The number of carbonyl (C=O) groups excluding carboxylic acids is 2. The Labute approximate surface area is 104 Å². The summed E-state index contributed by atoms with van der Waals surface area (Å²) >= 11 is 0. The zero-order valence-corrected chi connectivity index (χ0v) is 9.85. The lowest BCUT2D eigenvalue weighted by molar-refractivity contribution is 0.0732. The highest BCUT2D eigenvalue weighted by molar-refractivity contribution is 6.03. The largest absolute Gasteiger partial charge is 0.506 e. The maximum absolute atomic E-state index is 12.2. The molecule has 1 aliphatic heterocycles. The van der Waals surface area contributed by atoms with Gasteiger partial charge in [-0.15, -0.1) is 0 Å². The fourth-order valence-electron chi connectivity index (χ4n) is 1.95. The number of nitrogens with one attached hydrogen (secondary N) is 1. The van der Waals surface area contributed by atoms with Crippen LogP contribution in [0.5, 0.6) is 5.75 Å². The van der Waals surface area contributed by atoms with E-state index in [1.165, 1.54) is 18.2 Å². The van der Waals surface area contributed by atoms with Gasteiger partial charge < -0.3 is 21.1 Å². The van der Waals surface area contributed by atoms with Crippen molar-refractivity contribution in [1.29, 1.82) is 0 Å². The third kappa shape index (κ3) is 2.28. The van der Waals surface area contributed by atoms with Crippen LogP contribution in [0.3, 0.4) is 0 Å². The second-order valence-corrected chi connectivity index (χ2v) is 4.11. The third-order valence-electron chi connectivity index (χ3n) is 2.94. The fraction of sp³-hybridized carbons (Fsp3) is 0.333. The maximum Gasteiger partial charge on any atom is 0.257 e. The Morgan fingerprint density at radius 2 is 1.83 bits per heavy atom. The first-order valence-electron chi connectivity index (χ1n) is 5.73. The van der Waals surface area contributed by atoms with Crippen LogP contribution in [0.25, 0.3) is 0 Å². The van der Waals surface area contributed by atoms with Crippen LogP contribution >= 0.6 is 0 Å². The summed E-state index contributed by atoms with van der Waals surface area (Å²) < 4.78 is 0. The number of piperazine rings is 1. The molecule has 1 heterocycles. The molecule has 0 spiro atoms. The summed E-state index contributed by atoms with van der Waals surface area (Å²) in [6.45, 7) is 2.61. The predicted molar refractivity (Wildman–Crippen MR) is 65.4 cm³/mol. The monoisotopic (exact) mass is 249 g/mol. The highest BCUT2D eigenvalue weighted by Gasteiger charge is 2.22. The number of carbonyl (C=O) groups is 2. The molecule has 0 bridgehead atoms. The van der Waals surface area contributed by atoms with Crippen molar-refractivity contribution >= 4 is 11.8 Å². The van der Waals surface area contributed by atoms with Crippen molar-refractivity contribution in [3.63, 3.8) is 0 Å². The van der Waals surface area contributed by atoms with Crippen LogP contribution in [-0.2, 0) is 0 Å². The number of phenols is 1. The Morgan fingerprint density at radius 1 is 1.22 bits per heavy atom. The van der Waals surface area contributed by atoms with Crippen LogP contribution in [-0.4, -0.2) is 48.0 Å². The van der Waals surface area contributed by atoms with Crippen LogP contribution in [0.2, 0.25) is 0 Å². The Kier molecular flexibility index (Phi) is 3.47. The van der Waals surface area contributed by atoms with Crippen molar-refractivity contribution in [2.75, 3.05) is 26.2 Å². The number of amides is 2. The first-order valence-corrected chi connectivity index (χ1v) is 5.73. The molecule has 6 nitrogen and oxygen atoms in total. The topological polar surface area (TPSA) is 95.7 Å². The molecule has 1 aliphatic rings. The number of nitrogens with zero attached hydrogens (tertiary/aromatic N) is 1. The second kappa shape index (κ2) is 5.05. The second-order valence-electron chi connectivity index (χ2n) is 4.11. The molecule has 4 N–H and O–H groups in total. The molecule has 6 heteroatoms. The molecule has 0 saturated carbocycles. The molecular formula is C12H15N3O3. The van der Waals surface area contributed by atoms with Gasteiger partial charge in [0, 0.05) is 26.2 Å². The quantitative estimate of drug-likeness (QED) is 0.660. The molecule has 1 fully saturated rings. The van der Waals surface area contributed by atoms with Gasteiger partial charge in [0.25, 0.3) is 11.8 Å². The molecule has 2 amide bonds. The van der Waals surface area contributed by atoms with Crippen LogP contribution in [0.4, 0.5) is 0 Å². The Balaban J connectivity index is 2.30. The summed E-state index contributed by atoms with van der Waals surface area (Å²) in [6, 6.07) is 4.42. The molecule has 1 aromatic carbocycles. The highest BCUT2D eigenvalue weighted by Crippen LogP contribution is 2.23. The number of hydrogen-bond donors (Lipinski definition) is 3. The first-order chi connectivity index (χ1) is 8.61. The SMILES string of the molecule is NC(=O)c1cccc(C(=O)N2CCNCC2)c1O. The van der Waals surface area contributed by atoms with Crippen LogP contribution in [0.1, 0.15) is 20.7 Å². The molecule has 0 unspecified atom stereocenters. The summed E-state index contributed by atoms with van der Waals surface area (Å²) in [7, 11) is 0. The van der Waals surface area contributed by atoms with Gasteiger partial charge in [-0.3, -0.25) is 9.59 Å². The lowest BCUT2D eigenvalue weighted by atomic mass is 10.1. The van der Waals surface area contributed by atoms with E-state index in [-0.39, 0.29) is 22.8 Å². The van der Waals surface area contributed by atoms with Gasteiger partial charge in [0.05, 0.1) is 11.1 Å². The number of benzene rings is 1. The van der Waals surface area contributed by atoms with Gasteiger partial charge in [-0.05, 0) is 12.1 Å². The van der Waals surface area contributed by atoms with Crippen LogP contribution < -0.4 is 11.1 Å². The van der Waals surface area contributed by atoms with Gasteiger partial charge in [0.15, 0.2) is 0 Å². The van der Waals surface area contributed by atoms with E-state index in [1.807, 2.05) is 0 Å². The molecule has 18 heavy (non-hydrogen) atoms. The van der Waals surface area contributed by atoms with Crippen molar-refractivity contribution < 1.29 is 14.7 Å². The van der Waals surface area contributed by atoms with Crippen molar-refractivity contribution in [2.45, 2.75) is 0 Å². The minimum absolute atomic E-state index is 0.0315. The average molecular weight is 249 g/mol. The minimum Gasteiger partial charge on any atom is -0.506 e. The molecule has 96 valence electrons. The average Bonchev–Trinajstić information content (AvgIpc) is 2.39. The van der Waals surface area contributed by atoms with E-state index in [9.17, 15) is 14.7 Å². The lowest BCUT2D eigenvalue weighted by Gasteiger charge is -2.27. The fourth-order valence-corrected chi connectivity index (χ4v) is 1.95. The Morgan fingerprint density at radius 3 is 2.44 bits per heavy atom. The number of para-hydroxylation sites is 1. The predicted octanol–water partition coefficient (Wildman–Crippen LogP) is -0.464. The van der Waals surface area contributed by atoms with Crippen molar-refractivity contribution in [2.24, 2.45) is 5.73 Å². The van der Waals surface area contributed by atoms with Gasteiger partial charge in [-0.1, -0.05) is 6.07 Å². The molecule has 0 atom stereocenters. The van der Waals surface area contributed by atoms with Crippen molar-refractivity contribution in [1.82, 2.24) is 10.2 Å². The van der Waals surface area contributed by atoms with E-state index in [2.05, 4.69) is 5.32 Å². The first kappa shape index (κ1) is 12.4. The van der Waals surface area contributed by atoms with Crippen molar-refractivity contribution in [3.8, 4) is 5.75 Å². The summed E-state index contributed by atoms with van der Waals surface area (Å²) in [5, 5.41) is 13.0. The van der Waals surface area contributed by atoms with Crippen LogP contribution in [0, 0.1) is 0 Å². The van der Waals surface area contributed by atoms with Gasteiger partial charge in [-0.25, -0.2) is 0 Å². The molecule has 1 saturated heterocycles. The molecule has 1 aromatic rings.